The number of aromatic nitrogens is 2. The monoisotopic (exact) mass is 377 g/mol. The maximum atomic E-state index is 12.7. The Morgan fingerprint density at radius 2 is 1.64 bits per heavy atom. The van der Waals surface area contributed by atoms with E-state index in [-0.39, 0.29) is 9.79 Å². The summed E-state index contributed by atoms with van der Waals surface area (Å²) in [7, 11) is -7.47. The molecular weight excluding hydrogens is 362 g/mol. The third-order valence-electron chi connectivity index (χ3n) is 3.44. The van der Waals surface area contributed by atoms with E-state index in [9.17, 15) is 16.8 Å². The summed E-state index contributed by atoms with van der Waals surface area (Å²) in [5.74, 6) is 0. The Bertz CT molecular complexity index is 1110. The fourth-order valence-electron chi connectivity index (χ4n) is 2.25. The molecule has 0 aliphatic heterocycles. The summed E-state index contributed by atoms with van der Waals surface area (Å²) in [5.41, 5.74) is 0.881. The molecule has 2 aromatic carbocycles. The lowest BCUT2D eigenvalue weighted by molar-refractivity contribution is 0.599. The first-order chi connectivity index (χ1) is 11.8. The highest BCUT2D eigenvalue weighted by atomic mass is 32.2. The van der Waals surface area contributed by atoms with Crippen molar-refractivity contribution in [3.63, 3.8) is 0 Å². The summed E-state index contributed by atoms with van der Waals surface area (Å²) >= 11 is 0. The Kier molecular flexibility index (Phi) is 4.36. The first kappa shape index (κ1) is 17.2. The van der Waals surface area contributed by atoms with E-state index < -0.39 is 19.9 Å². The SMILES string of the molecule is CS(=O)(=O)c1cccc(S(=O)(=O)Nc2ccccc2-n2cccn2)c1. The van der Waals surface area contributed by atoms with E-state index in [2.05, 4.69) is 9.82 Å². The highest BCUT2D eigenvalue weighted by molar-refractivity contribution is 7.93. The molecule has 130 valence electrons. The van der Waals surface area contributed by atoms with Gasteiger partial charge >= 0.3 is 0 Å². The molecule has 1 heterocycles. The Hall–Kier alpha value is -2.65. The van der Waals surface area contributed by atoms with E-state index in [1.54, 1.807) is 42.7 Å². The van der Waals surface area contributed by atoms with Crippen molar-refractivity contribution in [2.24, 2.45) is 0 Å². The van der Waals surface area contributed by atoms with E-state index in [4.69, 9.17) is 0 Å². The van der Waals surface area contributed by atoms with Crippen LogP contribution in [0.2, 0.25) is 0 Å². The quantitative estimate of drug-likeness (QED) is 0.734. The number of para-hydroxylation sites is 2. The van der Waals surface area contributed by atoms with Gasteiger partial charge in [0.15, 0.2) is 9.84 Å². The van der Waals surface area contributed by atoms with E-state index in [1.165, 1.54) is 22.9 Å². The second-order valence-corrected chi connectivity index (χ2v) is 9.02. The maximum Gasteiger partial charge on any atom is 0.262 e. The van der Waals surface area contributed by atoms with Crippen molar-refractivity contribution in [1.82, 2.24) is 9.78 Å². The third kappa shape index (κ3) is 3.72. The van der Waals surface area contributed by atoms with Gasteiger partial charge in [-0.1, -0.05) is 18.2 Å². The molecule has 7 nitrogen and oxygen atoms in total. The second-order valence-electron chi connectivity index (χ2n) is 5.32. The lowest BCUT2D eigenvalue weighted by Crippen LogP contribution is -2.15. The molecule has 25 heavy (non-hydrogen) atoms. The molecule has 1 aromatic heterocycles. The molecule has 3 aromatic rings. The molecule has 0 bridgehead atoms. The fourth-order valence-corrected chi connectivity index (χ4v) is 4.11. The molecule has 0 radical (unpaired) electrons. The normalized spacial score (nSPS) is 12.0. The molecule has 0 saturated heterocycles. The average molecular weight is 377 g/mol. The predicted molar refractivity (Wildman–Crippen MR) is 93.9 cm³/mol. The number of hydrogen-bond donors (Lipinski definition) is 1. The minimum Gasteiger partial charge on any atom is -0.277 e. The highest BCUT2D eigenvalue weighted by Crippen LogP contribution is 2.24. The van der Waals surface area contributed by atoms with Gasteiger partial charge in [-0.15, -0.1) is 0 Å². The summed E-state index contributed by atoms with van der Waals surface area (Å²) in [5, 5.41) is 4.10. The van der Waals surface area contributed by atoms with Crippen LogP contribution in [0.1, 0.15) is 0 Å². The number of rotatable bonds is 5. The Morgan fingerprint density at radius 3 is 2.32 bits per heavy atom. The van der Waals surface area contributed by atoms with Gasteiger partial charge < -0.3 is 0 Å². The van der Waals surface area contributed by atoms with Crippen LogP contribution in [0.25, 0.3) is 5.69 Å². The molecule has 0 saturated carbocycles. The van der Waals surface area contributed by atoms with Crippen molar-refractivity contribution >= 4 is 25.5 Å². The number of nitrogens with zero attached hydrogens (tertiary/aromatic N) is 2. The Balaban J connectivity index is 2.02. The molecule has 0 atom stereocenters. The van der Waals surface area contributed by atoms with Crippen molar-refractivity contribution in [2.45, 2.75) is 9.79 Å². The second kappa shape index (κ2) is 6.34. The Labute approximate surface area is 145 Å². The molecular formula is C16H15N3O4S2. The lowest BCUT2D eigenvalue weighted by atomic mass is 10.3. The van der Waals surface area contributed by atoms with Crippen LogP contribution in [0.4, 0.5) is 5.69 Å². The third-order valence-corrected chi connectivity index (χ3v) is 5.92. The highest BCUT2D eigenvalue weighted by Gasteiger charge is 2.19. The summed E-state index contributed by atoms with van der Waals surface area (Å²) in [4.78, 5) is -0.193. The van der Waals surface area contributed by atoms with Crippen molar-refractivity contribution in [3.8, 4) is 5.69 Å². The average Bonchev–Trinajstić information content (AvgIpc) is 3.09. The van der Waals surface area contributed by atoms with E-state index in [1.807, 2.05) is 0 Å². The lowest BCUT2D eigenvalue weighted by Gasteiger charge is -2.13. The van der Waals surface area contributed by atoms with Gasteiger partial charge in [0.1, 0.15) is 0 Å². The zero-order valence-electron chi connectivity index (χ0n) is 13.2. The molecule has 3 rings (SSSR count). The summed E-state index contributed by atoms with van der Waals surface area (Å²) in [6.45, 7) is 0. The molecule has 0 aliphatic rings. The number of hydrogen-bond acceptors (Lipinski definition) is 5. The number of nitrogens with one attached hydrogen (secondary N) is 1. The predicted octanol–water partition coefficient (Wildman–Crippen LogP) is 2.08. The zero-order valence-corrected chi connectivity index (χ0v) is 14.8. The van der Waals surface area contributed by atoms with Crippen LogP contribution in [0.3, 0.4) is 0 Å². The van der Waals surface area contributed by atoms with Gasteiger partial charge in [-0.2, -0.15) is 5.10 Å². The summed E-state index contributed by atoms with van der Waals surface area (Å²) in [6.07, 6.45) is 4.30. The summed E-state index contributed by atoms with van der Waals surface area (Å²) < 4.78 is 52.7. The molecule has 0 aliphatic carbocycles. The van der Waals surface area contributed by atoms with Gasteiger partial charge in [0, 0.05) is 18.6 Å². The van der Waals surface area contributed by atoms with E-state index in [0.29, 0.717) is 11.4 Å². The molecule has 0 spiro atoms. The molecule has 9 heteroatoms. The number of sulfone groups is 1. The number of anilines is 1. The van der Waals surface area contributed by atoms with Crippen molar-refractivity contribution in [1.29, 1.82) is 0 Å². The maximum absolute atomic E-state index is 12.7. The number of sulfonamides is 1. The molecule has 0 amide bonds. The first-order valence-electron chi connectivity index (χ1n) is 7.19. The van der Waals surface area contributed by atoms with Crippen LogP contribution >= 0.6 is 0 Å². The van der Waals surface area contributed by atoms with Crippen LogP contribution in [-0.4, -0.2) is 32.9 Å². The zero-order chi connectivity index (χ0) is 18.1. The van der Waals surface area contributed by atoms with Crippen molar-refractivity contribution in [3.05, 3.63) is 67.0 Å². The minimum atomic E-state index is -3.97. The van der Waals surface area contributed by atoms with Gasteiger partial charge in [0.05, 0.1) is 21.2 Å². The topological polar surface area (TPSA) is 98.1 Å². The van der Waals surface area contributed by atoms with Crippen molar-refractivity contribution < 1.29 is 16.8 Å². The minimum absolute atomic E-state index is 0.0595. The first-order valence-corrected chi connectivity index (χ1v) is 10.6. The van der Waals surface area contributed by atoms with Crippen LogP contribution in [0.15, 0.2) is 76.8 Å². The van der Waals surface area contributed by atoms with Gasteiger partial charge in [0.2, 0.25) is 0 Å². The van der Waals surface area contributed by atoms with Gasteiger partial charge in [0.25, 0.3) is 10.0 Å². The molecule has 1 N–H and O–H groups in total. The Morgan fingerprint density at radius 1 is 0.920 bits per heavy atom. The van der Waals surface area contributed by atoms with E-state index in [0.717, 1.165) is 12.3 Å². The molecule has 0 fully saturated rings. The smallest absolute Gasteiger partial charge is 0.262 e. The summed E-state index contributed by atoms with van der Waals surface area (Å²) in [6, 6.07) is 13.7. The fraction of sp³-hybridized carbons (Fsp3) is 0.0625. The molecule has 0 unspecified atom stereocenters. The standard InChI is InChI=1S/C16H15N3O4S2/c1-24(20,21)13-6-4-7-14(12-13)25(22,23)18-15-8-2-3-9-16(15)19-11-5-10-17-19/h2-12,18H,1H3. The largest absolute Gasteiger partial charge is 0.277 e. The van der Waals surface area contributed by atoms with Crippen LogP contribution in [0.5, 0.6) is 0 Å². The van der Waals surface area contributed by atoms with Crippen molar-refractivity contribution in [2.75, 3.05) is 11.0 Å². The van der Waals surface area contributed by atoms with Crippen LogP contribution in [-0.2, 0) is 19.9 Å². The van der Waals surface area contributed by atoms with Gasteiger partial charge in [-0.3, -0.25) is 4.72 Å². The van der Waals surface area contributed by atoms with Gasteiger partial charge in [-0.25, -0.2) is 21.5 Å². The van der Waals surface area contributed by atoms with Crippen LogP contribution < -0.4 is 4.72 Å². The van der Waals surface area contributed by atoms with E-state index >= 15 is 0 Å². The van der Waals surface area contributed by atoms with Gasteiger partial charge in [-0.05, 0) is 36.4 Å². The number of benzene rings is 2. The van der Waals surface area contributed by atoms with Crippen LogP contribution in [0, 0.1) is 0 Å².